The summed E-state index contributed by atoms with van der Waals surface area (Å²) in [5.74, 6) is 0.111. The maximum absolute atomic E-state index is 13.7. The van der Waals surface area contributed by atoms with Gasteiger partial charge in [-0.25, -0.2) is 4.39 Å². The molecule has 0 radical (unpaired) electrons. The van der Waals surface area contributed by atoms with Gasteiger partial charge in [-0.15, -0.1) is 0 Å². The van der Waals surface area contributed by atoms with Crippen molar-refractivity contribution in [1.82, 2.24) is 9.88 Å². The third-order valence-electron chi connectivity index (χ3n) is 4.15. The van der Waals surface area contributed by atoms with Crippen molar-refractivity contribution in [2.45, 2.75) is 26.0 Å². The first-order valence-electron chi connectivity index (χ1n) is 7.07. The Morgan fingerprint density at radius 1 is 1.45 bits per heavy atom. The number of aromatic nitrogens is 1. The molecule has 2 atom stereocenters. The van der Waals surface area contributed by atoms with Crippen molar-refractivity contribution in [2.75, 3.05) is 13.1 Å². The van der Waals surface area contributed by atoms with E-state index in [0.717, 1.165) is 29.4 Å². The Bertz CT molecular complexity index is 616. The topological polar surface area (TPSA) is 36.4 Å². The molecule has 1 fully saturated rings. The second-order valence-corrected chi connectivity index (χ2v) is 5.71. The normalized spacial score (nSPS) is 24.1. The lowest BCUT2D eigenvalue weighted by molar-refractivity contribution is 0.0260. The molecule has 0 amide bonds. The lowest BCUT2D eigenvalue weighted by Crippen LogP contribution is -2.42. The number of rotatable bonds is 2. The van der Waals surface area contributed by atoms with E-state index in [1.165, 1.54) is 6.07 Å². The highest BCUT2D eigenvalue weighted by molar-refractivity contribution is 5.81. The number of β-amino-alcohol motifs (C(OH)–C–C–N with tert-alkyl or cyclic N) is 1. The van der Waals surface area contributed by atoms with E-state index in [2.05, 4.69) is 16.8 Å². The number of fused-ring (bicyclic) bond motifs is 1. The summed E-state index contributed by atoms with van der Waals surface area (Å²) in [4.78, 5) is 6.54. The molecule has 3 nitrogen and oxygen atoms in total. The van der Waals surface area contributed by atoms with Crippen LogP contribution in [0.2, 0.25) is 0 Å². The van der Waals surface area contributed by atoms with Gasteiger partial charge < -0.3 is 5.11 Å². The number of piperidine rings is 1. The number of halogens is 1. The van der Waals surface area contributed by atoms with E-state index in [0.29, 0.717) is 19.0 Å². The Hall–Kier alpha value is -1.52. The van der Waals surface area contributed by atoms with E-state index in [4.69, 9.17) is 0 Å². The third kappa shape index (κ3) is 2.67. The fourth-order valence-electron chi connectivity index (χ4n) is 2.85. The highest BCUT2D eigenvalue weighted by atomic mass is 19.1. The molecule has 3 rings (SSSR count). The summed E-state index contributed by atoms with van der Waals surface area (Å²) in [6.07, 6.45) is 2.41. The fourth-order valence-corrected chi connectivity index (χ4v) is 2.85. The van der Waals surface area contributed by atoms with Crippen LogP contribution in [0.4, 0.5) is 4.39 Å². The summed E-state index contributed by atoms with van der Waals surface area (Å²) >= 11 is 0. The number of aliphatic hydroxyl groups excluding tert-OH is 1. The minimum Gasteiger partial charge on any atom is -0.392 e. The van der Waals surface area contributed by atoms with Gasteiger partial charge in [0.1, 0.15) is 5.82 Å². The Morgan fingerprint density at radius 3 is 3.10 bits per heavy atom. The minimum atomic E-state index is -0.295. The maximum atomic E-state index is 13.7. The molecule has 1 aromatic heterocycles. The summed E-state index contributed by atoms with van der Waals surface area (Å²) in [6.45, 7) is 4.28. The average Bonchev–Trinajstić information content (AvgIpc) is 2.43. The van der Waals surface area contributed by atoms with Crippen molar-refractivity contribution in [3.8, 4) is 0 Å². The van der Waals surface area contributed by atoms with Gasteiger partial charge in [-0.1, -0.05) is 13.0 Å². The zero-order valence-corrected chi connectivity index (χ0v) is 11.6. The number of benzene rings is 1. The second kappa shape index (κ2) is 5.46. The fraction of sp³-hybridized carbons (Fsp3) is 0.438. The second-order valence-electron chi connectivity index (χ2n) is 5.71. The summed E-state index contributed by atoms with van der Waals surface area (Å²) < 4.78 is 13.7. The van der Waals surface area contributed by atoms with Gasteiger partial charge in [0.2, 0.25) is 0 Å². The third-order valence-corrected chi connectivity index (χ3v) is 4.15. The van der Waals surface area contributed by atoms with Crippen molar-refractivity contribution in [2.24, 2.45) is 5.92 Å². The van der Waals surface area contributed by atoms with Crippen LogP contribution in [0.5, 0.6) is 0 Å². The monoisotopic (exact) mass is 274 g/mol. The molecule has 1 aliphatic heterocycles. The Kier molecular flexibility index (Phi) is 3.68. The summed E-state index contributed by atoms with van der Waals surface area (Å²) in [5, 5.41) is 10.8. The van der Waals surface area contributed by atoms with Crippen molar-refractivity contribution < 1.29 is 9.50 Å². The predicted molar refractivity (Wildman–Crippen MR) is 76.8 cm³/mol. The first-order chi connectivity index (χ1) is 9.63. The standard InChI is InChI=1S/C16H19FN2O/c1-11-4-6-19(10-15(11)20)9-13-8-14(17)7-12-3-2-5-18-16(12)13/h2-3,5,7-8,11,15,20H,4,6,9-10H2,1H3. The lowest BCUT2D eigenvalue weighted by atomic mass is 9.95. The van der Waals surface area contributed by atoms with Gasteiger partial charge in [0.05, 0.1) is 11.6 Å². The van der Waals surface area contributed by atoms with Crippen LogP contribution in [0.25, 0.3) is 10.9 Å². The van der Waals surface area contributed by atoms with Gasteiger partial charge >= 0.3 is 0 Å². The van der Waals surface area contributed by atoms with Crippen molar-refractivity contribution in [3.63, 3.8) is 0 Å². The molecular formula is C16H19FN2O. The number of likely N-dealkylation sites (tertiary alicyclic amines) is 1. The lowest BCUT2D eigenvalue weighted by Gasteiger charge is -2.34. The van der Waals surface area contributed by atoms with Crippen molar-refractivity contribution in [3.05, 3.63) is 41.8 Å². The Balaban J connectivity index is 1.87. The molecule has 4 heteroatoms. The first-order valence-corrected chi connectivity index (χ1v) is 7.07. The summed E-state index contributed by atoms with van der Waals surface area (Å²) in [5.41, 5.74) is 1.74. The molecule has 0 spiro atoms. The van der Waals surface area contributed by atoms with Crippen molar-refractivity contribution >= 4 is 10.9 Å². The molecule has 0 aliphatic carbocycles. The molecule has 2 aromatic rings. The molecule has 1 aromatic carbocycles. The molecule has 0 bridgehead atoms. The van der Waals surface area contributed by atoms with Gasteiger partial charge in [0.25, 0.3) is 0 Å². The number of hydrogen-bond acceptors (Lipinski definition) is 3. The molecule has 2 heterocycles. The van der Waals surface area contributed by atoms with Gasteiger partial charge in [-0.3, -0.25) is 9.88 Å². The molecule has 20 heavy (non-hydrogen) atoms. The number of pyridine rings is 1. The van der Waals surface area contributed by atoms with Crippen LogP contribution in [0, 0.1) is 11.7 Å². The van der Waals surface area contributed by atoms with Crippen LogP contribution in [-0.2, 0) is 6.54 Å². The van der Waals surface area contributed by atoms with Gasteiger partial charge in [0, 0.05) is 24.7 Å². The van der Waals surface area contributed by atoms with Gasteiger partial charge in [-0.05, 0) is 42.6 Å². The molecule has 1 aliphatic rings. The van der Waals surface area contributed by atoms with Crippen LogP contribution in [-0.4, -0.2) is 34.2 Å². The molecular weight excluding hydrogens is 255 g/mol. The van der Waals surface area contributed by atoms with E-state index < -0.39 is 0 Å². The van der Waals surface area contributed by atoms with Crippen LogP contribution < -0.4 is 0 Å². The Labute approximate surface area is 118 Å². The molecule has 1 N–H and O–H groups in total. The molecule has 0 saturated carbocycles. The average molecular weight is 274 g/mol. The smallest absolute Gasteiger partial charge is 0.124 e. The first kappa shape index (κ1) is 13.5. The van der Waals surface area contributed by atoms with E-state index in [9.17, 15) is 9.50 Å². The van der Waals surface area contributed by atoms with E-state index in [1.54, 1.807) is 12.3 Å². The quantitative estimate of drug-likeness (QED) is 0.914. The number of nitrogens with zero attached hydrogens (tertiary/aromatic N) is 2. The SMILES string of the molecule is CC1CCN(Cc2cc(F)cc3cccnc23)CC1O. The highest BCUT2D eigenvalue weighted by Crippen LogP contribution is 2.23. The van der Waals surface area contributed by atoms with E-state index in [-0.39, 0.29) is 11.9 Å². The Morgan fingerprint density at radius 2 is 2.30 bits per heavy atom. The largest absolute Gasteiger partial charge is 0.392 e. The van der Waals surface area contributed by atoms with Crippen LogP contribution in [0.1, 0.15) is 18.9 Å². The highest BCUT2D eigenvalue weighted by Gasteiger charge is 2.24. The molecule has 2 unspecified atom stereocenters. The molecule has 106 valence electrons. The summed E-state index contributed by atoms with van der Waals surface area (Å²) in [7, 11) is 0. The zero-order valence-electron chi connectivity index (χ0n) is 11.6. The summed E-state index contributed by atoms with van der Waals surface area (Å²) in [6, 6.07) is 6.76. The maximum Gasteiger partial charge on any atom is 0.124 e. The van der Waals surface area contributed by atoms with Gasteiger partial charge in [-0.2, -0.15) is 0 Å². The van der Waals surface area contributed by atoms with E-state index >= 15 is 0 Å². The van der Waals surface area contributed by atoms with Gasteiger partial charge in [0.15, 0.2) is 0 Å². The van der Waals surface area contributed by atoms with Crippen LogP contribution in [0.3, 0.4) is 0 Å². The van der Waals surface area contributed by atoms with Crippen molar-refractivity contribution in [1.29, 1.82) is 0 Å². The number of hydrogen-bond donors (Lipinski definition) is 1. The molecule has 1 saturated heterocycles. The van der Waals surface area contributed by atoms with Crippen LogP contribution in [0.15, 0.2) is 30.5 Å². The number of aliphatic hydroxyl groups is 1. The minimum absolute atomic E-state index is 0.230. The van der Waals surface area contributed by atoms with Crippen LogP contribution >= 0.6 is 0 Å². The van der Waals surface area contributed by atoms with E-state index in [1.807, 2.05) is 12.1 Å². The predicted octanol–water partition coefficient (Wildman–Crippen LogP) is 2.58. The zero-order chi connectivity index (χ0) is 14.1.